The van der Waals surface area contributed by atoms with Gasteiger partial charge >= 0.3 is 5.97 Å². The van der Waals surface area contributed by atoms with Crippen molar-refractivity contribution in [2.24, 2.45) is 0 Å². The van der Waals surface area contributed by atoms with E-state index < -0.39 is 5.97 Å². The lowest BCUT2D eigenvalue weighted by Crippen LogP contribution is -2.22. The molecule has 152 valence electrons. The number of benzene rings is 1. The van der Waals surface area contributed by atoms with Crippen molar-refractivity contribution in [2.45, 2.75) is 46.3 Å². The van der Waals surface area contributed by atoms with Gasteiger partial charge in [0.15, 0.2) is 0 Å². The fourth-order valence-electron chi connectivity index (χ4n) is 2.71. The zero-order valence-corrected chi connectivity index (χ0v) is 16.5. The first-order valence-electron chi connectivity index (χ1n) is 9.34. The maximum absolute atomic E-state index is 13.7. The lowest BCUT2D eigenvalue weighted by atomic mass is 10.1. The monoisotopic (exact) mass is 399 g/mol. The van der Waals surface area contributed by atoms with Crippen molar-refractivity contribution in [2.75, 3.05) is 0 Å². The Morgan fingerprint density at radius 1 is 1.28 bits per heavy atom. The summed E-state index contributed by atoms with van der Waals surface area (Å²) in [6, 6.07) is 7.59. The van der Waals surface area contributed by atoms with E-state index in [2.05, 4.69) is 10.1 Å². The average molecular weight is 399 g/mol. The van der Waals surface area contributed by atoms with Gasteiger partial charge in [0, 0.05) is 30.8 Å². The number of hydrogen-bond acceptors (Lipinski definition) is 6. The summed E-state index contributed by atoms with van der Waals surface area (Å²) in [7, 11) is 0. The summed E-state index contributed by atoms with van der Waals surface area (Å²) < 4.78 is 25.5. The molecule has 1 aromatic carbocycles. The third-order valence-corrected chi connectivity index (χ3v) is 4.26. The number of esters is 1. The van der Waals surface area contributed by atoms with Gasteiger partial charge in [0.1, 0.15) is 5.82 Å². The summed E-state index contributed by atoms with van der Waals surface area (Å²) in [6.07, 6.45) is 2.36. The van der Waals surface area contributed by atoms with Crippen molar-refractivity contribution in [1.29, 1.82) is 0 Å². The molecule has 0 aliphatic heterocycles. The van der Waals surface area contributed by atoms with E-state index in [4.69, 9.17) is 9.26 Å². The molecule has 0 bridgehead atoms. The molecule has 2 heterocycles. The van der Waals surface area contributed by atoms with Crippen LogP contribution in [0.2, 0.25) is 0 Å². The van der Waals surface area contributed by atoms with Gasteiger partial charge in [-0.25, -0.2) is 9.18 Å². The van der Waals surface area contributed by atoms with E-state index in [9.17, 15) is 14.0 Å². The van der Waals surface area contributed by atoms with Crippen LogP contribution in [0.25, 0.3) is 11.4 Å². The van der Waals surface area contributed by atoms with Gasteiger partial charge < -0.3 is 13.8 Å². The Kier molecular flexibility index (Phi) is 6.21. The van der Waals surface area contributed by atoms with Crippen LogP contribution in [0.1, 0.15) is 42.1 Å². The molecule has 0 radical (unpaired) electrons. The molecule has 0 saturated carbocycles. The standard InChI is InChI=1S/C21H22FN3O4/c1-13(2)28-21(27)16-8-10-25(19(26)12-16)9-4-5-18-23-20(24-29-18)15-7-6-14(3)17(22)11-15/h6-8,10-13H,4-5,9H2,1-3H3. The van der Waals surface area contributed by atoms with Crippen molar-refractivity contribution < 1.29 is 18.4 Å². The van der Waals surface area contributed by atoms with Gasteiger partial charge in [-0.2, -0.15) is 4.98 Å². The van der Waals surface area contributed by atoms with Crippen LogP contribution in [0, 0.1) is 12.7 Å². The van der Waals surface area contributed by atoms with Crippen molar-refractivity contribution in [3.63, 3.8) is 0 Å². The maximum Gasteiger partial charge on any atom is 0.338 e. The number of carbonyl (C=O) groups is 1. The molecule has 0 saturated heterocycles. The molecule has 0 unspecified atom stereocenters. The minimum absolute atomic E-state index is 0.229. The predicted octanol–water partition coefficient (Wildman–Crippen LogP) is 3.54. The van der Waals surface area contributed by atoms with E-state index in [0.717, 1.165) is 0 Å². The number of hydrogen-bond donors (Lipinski definition) is 0. The van der Waals surface area contributed by atoms with E-state index in [1.165, 1.54) is 16.7 Å². The molecule has 0 N–H and O–H groups in total. The van der Waals surface area contributed by atoms with Gasteiger partial charge in [-0.15, -0.1) is 0 Å². The second kappa shape index (κ2) is 8.81. The zero-order valence-electron chi connectivity index (χ0n) is 16.5. The second-order valence-electron chi connectivity index (χ2n) is 6.98. The molecule has 2 aromatic heterocycles. The van der Waals surface area contributed by atoms with Crippen LogP contribution >= 0.6 is 0 Å². The lowest BCUT2D eigenvalue weighted by Gasteiger charge is -2.09. The highest BCUT2D eigenvalue weighted by Crippen LogP contribution is 2.19. The minimum Gasteiger partial charge on any atom is -0.459 e. The summed E-state index contributed by atoms with van der Waals surface area (Å²) in [5.41, 5.74) is 1.03. The van der Waals surface area contributed by atoms with Crippen LogP contribution in [-0.2, 0) is 17.7 Å². The molecule has 0 amide bonds. The fourth-order valence-corrected chi connectivity index (χ4v) is 2.71. The van der Waals surface area contributed by atoms with Crippen molar-refractivity contribution in [3.05, 3.63) is 69.7 Å². The largest absolute Gasteiger partial charge is 0.459 e. The highest BCUT2D eigenvalue weighted by atomic mass is 19.1. The molecular formula is C21H22FN3O4. The quantitative estimate of drug-likeness (QED) is 0.565. The second-order valence-corrected chi connectivity index (χ2v) is 6.98. The van der Waals surface area contributed by atoms with Crippen molar-refractivity contribution >= 4 is 5.97 Å². The lowest BCUT2D eigenvalue weighted by molar-refractivity contribution is 0.0377. The van der Waals surface area contributed by atoms with Crippen LogP contribution in [0.4, 0.5) is 4.39 Å². The smallest absolute Gasteiger partial charge is 0.338 e. The third-order valence-electron chi connectivity index (χ3n) is 4.26. The Labute approximate surface area is 167 Å². The van der Waals surface area contributed by atoms with Crippen LogP contribution < -0.4 is 5.56 Å². The van der Waals surface area contributed by atoms with E-state index in [0.29, 0.717) is 42.2 Å². The van der Waals surface area contributed by atoms with Gasteiger partial charge in [-0.3, -0.25) is 4.79 Å². The summed E-state index contributed by atoms with van der Waals surface area (Å²) in [6.45, 7) is 5.60. The molecule has 0 fully saturated rings. The number of ether oxygens (including phenoxy) is 1. The number of carbonyl (C=O) groups excluding carboxylic acids is 1. The van der Waals surface area contributed by atoms with Crippen molar-refractivity contribution in [1.82, 2.24) is 14.7 Å². The first-order valence-corrected chi connectivity index (χ1v) is 9.34. The number of aryl methyl sites for hydroxylation is 3. The normalized spacial score (nSPS) is 11.1. The number of halogens is 1. The number of rotatable bonds is 7. The number of pyridine rings is 1. The fraction of sp³-hybridized carbons (Fsp3) is 0.333. The Bertz CT molecular complexity index is 1070. The van der Waals surface area contributed by atoms with E-state index >= 15 is 0 Å². The summed E-state index contributed by atoms with van der Waals surface area (Å²) in [5.74, 6) is -0.112. The van der Waals surface area contributed by atoms with Gasteiger partial charge in [-0.05, 0) is 44.9 Å². The Hall–Kier alpha value is -3.29. The van der Waals surface area contributed by atoms with Gasteiger partial charge in [0.25, 0.3) is 5.56 Å². The topological polar surface area (TPSA) is 87.2 Å². The number of nitrogens with zero attached hydrogens (tertiary/aromatic N) is 3. The van der Waals surface area contributed by atoms with Crippen molar-refractivity contribution in [3.8, 4) is 11.4 Å². The molecule has 0 aliphatic carbocycles. The SMILES string of the molecule is Cc1ccc(-c2noc(CCCn3ccc(C(=O)OC(C)C)cc3=O)n2)cc1F. The van der Waals surface area contributed by atoms with Crippen LogP contribution in [0.15, 0.2) is 45.8 Å². The van der Waals surface area contributed by atoms with E-state index in [-0.39, 0.29) is 23.0 Å². The molecule has 0 aliphatic rings. The molecule has 3 aromatic rings. The first kappa shape index (κ1) is 20.4. The molecule has 0 atom stereocenters. The summed E-state index contributed by atoms with van der Waals surface area (Å²) >= 11 is 0. The predicted molar refractivity (Wildman–Crippen MR) is 104 cm³/mol. The first-order chi connectivity index (χ1) is 13.8. The third kappa shape index (κ3) is 5.16. The zero-order chi connectivity index (χ0) is 21.0. The Balaban J connectivity index is 1.59. The van der Waals surface area contributed by atoms with E-state index in [1.807, 2.05) is 0 Å². The van der Waals surface area contributed by atoms with Crippen LogP contribution in [0.3, 0.4) is 0 Å². The van der Waals surface area contributed by atoms with Crippen LogP contribution in [0.5, 0.6) is 0 Å². The highest BCUT2D eigenvalue weighted by Gasteiger charge is 2.12. The number of aromatic nitrogens is 3. The molecule has 7 nitrogen and oxygen atoms in total. The molecule has 8 heteroatoms. The molecular weight excluding hydrogens is 377 g/mol. The molecule has 3 rings (SSSR count). The maximum atomic E-state index is 13.7. The van der Waals surface area contributed by atoms with Gasteiger partial charge in [-0.1, -0.05) is 17.3 Å². The van der Waals surface area contributed by atoms with Gasteiger partial charge in [0.2, 0.25) is 11.7 Å². The highest BCUT2D eigenvalue weighted by molar-refractivity contribution is 5.89. The summed E-state index contributed by atoms with van der Waals surface area (Å²) in [5, 5.41) is 3.88. The molecule has 29 heavy (non-hydrogen) atoms. The minimum atomic E-state index is -0.518. The Morgan fingerprint density at radius 2 is 2.07 bits per heavy atom. The van der Waals surface area contributed by atoms with E-state index in [1.54, 1.807) is 45.2 Å². The van der Waals surface area contributed by atoms with Gasteiger partial charge in [0.05, 0.1) is 11.7 Å². The Morgan fingerprint density at radius 3 is 2.76 bits per heavy atom. The summed E-state index contributed by atoms with van der Waals surface area (Å²) in [4.78, 5) is 28.3. The average Bonchev–Trinajstić information content (AvgIpc) is 3.13. The molecule has 0 spiro atoms. The van der Waals surface area contributed by atoms with Crippen LogP contribution in [-0.4, -0.2) is 26.8 Å².